The quantitative estimate of drug-likeness (QED) is 0.732. The van der Waals surface area contributed by atoms with Crippen LogP contribution >= 0.6 is 0 Å². The van der Waals surface area contributed by atoms with E-state index in [4.69, 9.17) is 15.0 Å². The molecule has 3 nitrogen and oxygen atoms in total. The third kappa shape index (κ3) is 2.23. The Hall–Kier alpha value is -0.990. The molecule has 27 heavy (non-hydrogen) atoms. The summed E-state index contributed by atoms with van der Waals surface area (Å²) < 4.78 is 0. The largest absolute Gasteiger partial charge is 0.218 e. The van der Waals surface area contributed by atoms with Crippen molar-refractivity contribution in [1.29, 1.82) is 0 Å². The fourth-order valence-electron chi connectivity index (χ4n) is 9.73. The molecule has 9 rings (SSSR count). The lowest BCUT2D eigenvalue weighted by molar-refractivity contribution is -0.0158. The number of hydrogen-bond acceptors (Lipinski definition) is 3. The molecule has 0 amide bonds. The van der Waals surface area contributed by atoms with Crippen molar-refractivity contribution in [3.05, 3.63) is 17.5 Å². The first-order valence-electron chi connectivity index (χ1n) is 11.8. The SMILES string of the molecule is Cc1nc(C23CC4CC(CC(C4)C2)C3)nc(C23CC4CC(CC(C4)C2)C3)n1. The zero-order chi connectivity index (χ0) is 17.8. The van der Waals surface area contributed by atoms with Gasteiger partial charge in [0.25, 0.3) is 0 Å². The Morgan fingerprint density at radius 2 is 0.815 bits per heavy atom. The maximum atomic E-state index is 5.39. The van der Waals surface area contributed by atoms with Crippen LogP contribution < -0.4 is 0 Å². The van der Waals surface area contributed by atoms with Gasteiger partial charge < -0.3 is 0 Å². The average Bonchev–Trinajstić information content (AvgIpc) is 2.59. The van der Waals surface area contributed by atoms with Crippen LogP contribution in [0.1, 0.15) is 94.5 Å². The third-order valence-corrected chi connectivity index (χ3v) is 9.77. The van der Waals surface area contributed by atoms with Crippen molar-refractivity contribution in [3.63, 3.8) is 0 Å². The Bertz CT molecular complexity index is 664. The molecule has 0 aromatic carbocycles. The van der Waals surface area contributed by atoms with E-state index < -0.39 is 0 Å². The number of nitrogens with zero attached hydrogens (tertiary/aromatic N) is 3. The van der Waals surface area contributed by atoms with Crippen LogP contribution in [0.3, 0.4) is 0 Å². The minimum Gasteiger partial charge on any atom is -0.218 e. The highest BCUT2D eigenvalue weighted by Crippen LogP contribution is 2.62. The molecular formula is C24H33N3. The first kappa shape index (κ1) is 15.9. The van der Waals surface area contributed by atoms with Gasteiger partial charge >= 0.3 is 0 Å². The molecule has 0 N–H and O–H groups in total. The molecule has 8 aliphatic carbocycles. The fourth-order valence-corrected chi connectivity index (χ4v) is 9.73. The zero-order valence-corrected chi connectivity index (χ0v) is 16.8. The van der Waals surface area contributed by atoms with E-state index in [9.17, 15) is 0 Å². The van der Waals surface area contributed by atoms with Crippen molar-refractivity contribution in [1.82, 2.24) is 15.0 Å². The summed E-state index contributed by atoms with van der Waals surface area (Å²) in [5.74, 6) is 9.18. The summed E-state index contributed by atoms with van der Waals surface area (Å²) in [7, 11) is 0. The van der Waals surface area contributed by atoms with Gasteiger partial charge in [-0.05, 0) is 119 Å². The normalized spacial score (nSPS) is 51.9. The number of rotatable bonds is 2. The van der Waals surface area contributed by atoms with Gasteiger partial charge in [-0.1, -0.05) is 0 Å². The molecular weight excluding hydrogens is 330 g/mol. The molecule has 1 aromatic rings. The van der Waals surface area contributed by atoms with E-state index >= 15 is 0 Å². The van der Waals surface area contributed by atoms with E-state index in [2.05, 4.69) is 6.92 Å². The van der Waals surface area contributed by atoms with Gasteiger partial charge in [-0.15, -0.1) is 0 Å². The van der Waals surface area contributed by atoms with E-state index in [0.29, 0.717) is 10.8 Å². The minimum absolute atomic E-state index is 0.305. The first-order chi connectivity index (χ1) is 13.1. The molecule has 1 heterocycles. The number of aromatic nitrogens is 3. The van der Waals surface area contributed by atoms with E-state index in [1.165, 1.54) is 88.7 Å². The van der Waals surface area contributed by atoms with Crippen LogP contribution in [0, 0.1) is 42.4 Å². The molecule has 8 bridgehead atoms. The summed E-state index contributed by atoms with van der Waals surface area (Å²) in [5, 5.41) is 0. The van der Waals surface area contributed by atoms with Crippen LogP contribution in [0.15, 0.2) is 0 Å². The van der Waals surface area contributed by atoms with Gasteiger partial charge in [-0.25, -0.2) is 15.0 Å². The van der Waals surface area contributed by atoms with Gasteiger partial charge in [0.15, 0.2) is 0 Å². The molecule has 0 spiro atoms. The van der Waals surface area contributed by atoms with E-state index in [-0.39, 0.29) is 0 Å². The standard InChI is InChI=1S/C24H33N3/c1-14-25-21(23-8-15-2-16(9-23)4-17(3-15)10-23)27-22(26-14)24-11-18-5-19(12-24)7-20(6-18)13-24/h15-20H,2-13H2,1H3. The molecule has 0 saturated heterocycles. The fraction of sp³-hybridized carbons (Fsp3) is 0.875. The lowest BCUT2D eigenvalue weighted by Gasteiger charge is -2.57. The number of aryl methyl sites for hydroxylation is 1. The minimum atomic E-state index is 0.305. The smallest absolute Gasteiger partial charge is 0.138 e. The molecule has 0 aliphatic heterocycles. The molecule has 0 radical (unpaired) electrons. The van der Waals surface area contributed by atoms with Crippen molar-refractivity contribution >= 4 is 0 Å². The van der Waals surface area contributed by atoms with Crippen molar-refractivity contribution in [2.24, 2.45) is 35.5 Å². The summed E-state index contributed by atoms with van der Waals surface area (Å²) >= 11 is 0. The van der Waals surface area contributed by atoms with Gasteiger partial charge in [-0.2, -0.15) is 0 Å². The predicted molar refractivity (Wildman–Crippen MR) is 104 cm³/mol. The van der Waals surface area contributed by atoms with E-state index in [1.807, 2.05) is 0 Å². The maximum Gasteiger partial charge on any atom is 0.138 e. The van der Waals surface area contributed by atoms with Gasteiger partial charge in [0.05, 0.1) is 0 Å². The zero-order valence-electron chi connectivity index (χ0n) is 16.8. The monoisotopic (exact) mass is 363 g/mol. The highest BCUT2D eigenvalue weighted by molar-refractivity contribution is 5.23. The summed E-state index contributed by atoms with van der Waals surface area (Å²) in [6.07, 6.45) is 17.1. The van der Waals surface area contributed by atoms with Crippen molar-refractivity contribution in [2.45, 2.75) is 94.8 Å². The number of hydrogen-bond donors (Lipinski definition) is 0. The third-order valence-electron chi connectivity index (χ3n) is 9.77. The highest BCUT2D eigenvalue weighted by atomic mass is 15.1. The van der Waals surface area contributed by atoms with Crippen LogP contribution in [0.25, 0.3) is 0 Å². The molecule has 144 valence electrons. The average molecular weight is 364 g/mol. The predicted octanol–water partition coefficient (Wildman–Crippen LogP) is 5.12. The molecule has 8 aliphatic rings. The summed E-state index contributed by atoms with van der Waals surface area (Å²) in [6.45, 7) is 2.13. The maximum absolute atomic E-state index is 5.39. The van der Waals surface area contributed by atoms with Crippen LogP contribution in [-0.2, 0) is 10.8 Å². The van der Waals surface area contributed by atoms with Crippen molar-refractivity contribution < 1.29 is 0 Å². The van der Waals surface area contributed by atoms with Crippen LogP contribution in [-0.4, -0.2) is 15.0 Å². The highest BCUT2D eigenvalue weighted by Gasteiger charge is 2.56. The lowest BCUT2D eigenvalue weighted by atomic mass is 9.49. The second-order valence-corrected chi connectivity index (χ2v) is 11.9. The van der Waals surface area contributed by atoms with Crippen molar-refractivity contribution in [3.8, 4) is 0 Å². The Morgan fingerprint density at radius 3 is 1.11 bits per heavy atom. The van der Waals surface area contributed by atoms with Gasteiger partial charge in [0, 0.05) is 10.8 Å². The topological polar surface area (TPSA) is 38.7 Å². The first-order valence-corrected chi connectivity index (χ1v) is 11.8. The van der Waals surface area contributed by atoms with Gasteiger partial charge in [-0.3, -0.25) is 0 Å². The molecule has 0 atom stereocenters. The summed E-state index contributed by atoms with van der Waals surface area (Å²) in [6, 6.07) is 0. The lowest BCUT2D eigenvalue weighted by Crippen LogP contribution is -2.51. The van der Waals surface area contributed by atoms with Gasteiger partial charge in [0.1, 0.15) is 17.5 Å². The Morgan fingerprint density at radius 1 is 0.519 bits per heavy atom. The van der Waals surface area contributed by atoms with Crippen LogP contribution in [0.4, 0.5) is 0 Å². The van der Waals surface area contributed by atoms with E-state index in [1.54, 1.807) is 0 Å². The van der Waals surface area contributed by atoms with Gasteiger partial charge in [0.2, 0.25) is 0 Å². The van der Waals surface area contributed by atoms with E-state index in [0.717, 1.165) is 41.3 Å². The Balaban J connectivity index is 1.31. The second-order valence-electron chi connectivity index (χ2n) is 11.9. The molecule has 1 aromatic heterocycles. The Kier molecular flexibility index (Phi) is 3.02. The summed E-state index contributed by atoms with van der Waals surface area (Å²) in [5.41, 5.74) is 0.610. The summed E-state index contributed by atoms with van der Waals surface area (Å²) in [4.78, 5) is 15.4. The molecule has 3 heteroatoms. The molecule has 0 unspecified atom stereocenters. The van der Waals surface area contributed by atoms with Crippen LogP contribution in [0.2, 0.25) is 0 Å². The van der Waals surface area contributed by atoms with Crippen molar-refractivity contribution in [2.75, 3.05) is 0 Å². The van der Waals surface area contributed by atoms with Crippen LogP contribution in [0.5, 0.6) is 0 Å². The Labute approximate surface area is 163 Å². The second kappa shape index (κ2) is 5.13. The molecule has 8 saturated carbocycles. The molecule has 8 fully saturated rings.